The van der Waals surface area contributed by atoms with Gasteiger partial charge >= 0.3 is 6.61 Å². The third kappa shape index (κ3) is 5.50. The normalized spacial score (nSPS) is 10.7. The highest BCUT2D eigenvalue weighted by Crippen LogP contribution is 2.29. The van der Waals surface area contributed by atoms with Crippen molar-refractivity contribution < 1.29 is 27.8 Å². The summed E-state index contributed by atoms with van der Waals surface area (Å²) >= 11 is 0. The summed E-state index contributed by atoms with van der Waals surface area (Å²) in [6.45, 7) is -0.813. The molecule has 5 nitrogen and oxygen atoms in total. The van der Waals surface area contributed by atoms with Crippen molar-refractivity contribution in [1.29, 1.82) is 0 Å². The quantitative estimate of drug-likeness (QED) is 0.745. The van der Waals surface area contributed by atoms with Crippen molar-refractivity contribution in [1.82, 2.24) is 0 Å². The third-order valence-electron chi connectivity index (χ3n) is 2.38. The van der Waals surface area contributed by atoms with Crippen molar-refractivity contribution >= 4 is 11.6 Å². The molecule has 1 aromatic rings. The van der Waals surface area contributed by atoms with E-state index < -0.39 is 12.5 Å². The number of hydrogen-bond acceptors (Lipinski definition) is 4. The smallest absolute Gasteiger partial charge is 0.387 e. The number of carbonyl (C=O) groups is 1. The van der Waals surface area contributed by atoms with Crippen LogP contribution in [0, 0.1) is 6.92 Å². The monoisotopic (exact) mass is 289 g/mol. The molecule has 0 aromatic heterocycles. The number of carbonyl (C=O) groups excluding carboxylic acids is 1. The van der Waals surface area contributed by atoms with Crippen LogP contribution in [-0.4, -0.2) is 39.4 Å². The minimum absolute atomic E-state index is 0.0785. The van der Waals surface area contributed by atoms with Gasteiger partial charge in [0.15, 0.2) is 0 Å². The second kappa shape index (κ2) is 8.44. The predicted octanol–water partition coefficient (Wildman–Crippen LogP) is 2.20. The van der Waals surface area contributed by atoms with Crippen molar-refractivity contribution in [2.45, 2.75) is 13.5 Å². The van der Waals surface area contributed by atoms with Gasteiger partial charge in [0.05, 0.1) is 18.9 Å². The summed E-state index contributed by atoms with van der Waals surface area (Å²) in [6.07, 6.45) is 0. The van der Waals surface area contributed by atoms with Gasteiger partial charge in [-0.25, -0.2) is 0 Å². The average molecular weight is 289 g/mol. The number of aryl methyl sites for hydroxylation is 1. The molecule has 0 heterocycles. The van der Waals surface area contributed by atoms with Gasteiger partial charge in [-0.1, -0.05) is 12.1 Å². The van der Waals surface area contributed by atoms with Crippen LogP contribution in [0.4, 0.5) is 14.5 Å². The summed E-state index contributed by atoms with van der Waals surface area (Å²) in [5.41, 5.74) is 0.835. The standard InChI is InChI=1S/C13H17F2NO4/c1-9-4-3-5-10(20-13(14)15)12(9)16-11(17)8-19-7-6-18-2/h3-5,13H,6-8H2,1-2H3,(H,16,17). The molecule has 0 saturated heterocycles. The third-order valence-corrected chi connectivity index (χ3v) is 2.38. The van der Waals surface area contributed by atoms with Crippen LogP contribution in [-0.2, 0) is 14.3 Å². The van der Waals surface area contributed by atoms with Gasteiger partial charge in [0.25, 0.3) is 0 Å². The molecule has 0 aliphatic heterocycles. The molecule has 7 heteroatoms. The zero-order valence-electron chi connectivity index (χ0n) is 11.3. The largest absolute Gasteiger partial charge is 0.433 e. The molecule has 0 atom stereocenters. The summed E-state index contributed by atoms with van der Waals surface area (Å²) in [7, 11) is 1.52. The van der Waals surface area contributed by atoms with Crippen LogP contribution in [0.1, 0.15) is 5.56 Å². The molecule has 1 amide bonds. The molecule has 0 spiro atoms. The highest BCUT2D eigenvalue weighted by atomic mass is 19.3. The summed E-state index contributed by atoms with van der Waals surface area (Å²) < 4.78 is 38.7. The molecule has 0 aliphatic carbocycles. The number of methoxy groups -OCH3 is 1. The first-order valence-electron chi connectivity index (χ1n) is 5.95. The summed E-state index contributed by atoms with van der Waals surface area (Å²) in [4.78, 5) is 11.6. The van der Waals surface area contributed by atoms with E-state index in [-0.39, 0.29) is 24.7 Å². The number of nitrogens with one attached hydrogen (secondary N) is 1. The van der Waals surface area contributed by atoms with E-state index >= 15 is 0 Å². The Morgan fingerprint density at radius 2 is 2.10 bits per heavy atom. The number of hydrogen-bond donors (Lipinski definition) is 1. The lowest BCUT2D eigenvalue weighted by molar-refractivity contribution is -0.121. The maximum atomic E-state index is 12.3. The van der Waals surface area contributed by atoms with Gasteiger partial charge in [0.1, 0.15) is 12.4 Å². The molecule has 0 radical (unpaired) electrons. The lowest BCUT2D eigenvalue weighted by Crippen LogP contribution is -2.21. The maximum absolute atomic E-state index is 12.3. The summed E-state index contributed by atoms with van der Waals surface area (Å²) in [5.74, 6) is -0.528. The number of alkyl halides is 2. The first-order valence-corrected chi connectivity index (χ1v) is 5.95. The van der Waals surface area contributed by atoms with E-state index in [1.54, 1.807) is 19.1 Å². The Morgan fingerprint density at radius 1 is 1.35 bits per heavy atom. The van der Waals surface area contributed by atoms with Gasteiger partial charge in [-0.2, -0.15) is 8.78 Å². The molecule has 0 saturated carbocycles. The van der Waals surface area contributed by atoms with Gasteiger partial charge in [0, 0.05) is 7.11 Å². The van der Waals surface area contributed by atoms with Crippen molar-refractivity contribution in [3.8, 4) is 5.75 Å². The lowest BCUT2D eigenvalue weighted by Gasteiger charge is -2.14. The van der Waals surface area contributed by atoms with Gasteiger partial charge < -0.3 is 19.5 Å². The Morgan fingerprint density at radius 3 is 2.75 bits per heavy atom. The molecule has 1 rings (SSSR count). The topological polar surface area (TPSA) is 56.8 Å². The molecular formula is C13H17F2NO4. The molecule has 0 bridgehead atoms. The van der Waals surface area contributed by atoms with E-state index in [0.717, 1.165) is 0 Å². The summed E-state index contributed by atoms with van der Waals surface area (Å²) in [5, 5.41) is 2.50. The summed E-state index contributed by atoms with van der Waals surface area (Å²) in [6, 6.07) is 4.61. The molecule has 0 aliphatic rings. The van der Waals surface area contributed by atoms with Crippen molar-refractivity contribution in [3.63, 3.8) is 0 Å². The highest BCUT2D eigenvalue weighted by Gasteiger charge is 2.14. The minimum Gasteiger partial charge on any atom is -0.433 e. The molecular weight excluding hydrogens is 272 g/mol. The van der Waals surface area contributed by atoms with E-state index in [1.165, 1.54) is 13.2 Å². The van der Waals surface area contributed by atoms with Crippen LogP contribution in [0.3, 0.4) is 0 Å². The number of anilines is 1. The molecule has 20 heavy (non-hydrogen) atoms. The Kier molecular flexibility index (Phi) is 6.89. The van der Waals surface area contributed by atoms with Crippen LogP contribution in [0.2, 0.25) is 0 Å². The Labute approximate surface area is 115 Å². The fourth-order valence-electron chi connectivity index (χ4n) is 1.48. The van der Waals surface area contributed by atoms with Crippen LogP contribution in [0.15, 0.2) is 18.2 Å². The number of benzene rings is 1. The molecule has 1 N–H and O–H groups in total. The Balaban J connectivity index is 2.63. The number of ether oxygens (including phenoxy) is 3. The maximum Gasteiger partial charge on any atom is 0.387 e. The van der Waals surface area contributed by atoms with Crippen LogP contribution in [0.5, 0.6) is 5.75 Å². The average Bonchev–Trinajstić information content (AvgIpc) is 2.38. The van der Waals surface area contributed by atoms with Gasteiger partial charge in [-0.05, 0) is 18.6 Å². The first kappa shape index (κ1) is 16.3. The van der Waals surface area contributed by atoms with Crippen molar-refractivity contribution in [2.24, 2.45) is 0 Å². The number of halogens is 2. The van der Waals surface area contributed by atoms with Gasteiger partial charge in [-0.15, -0.1) is 0 Å². The highest BCUT2D eigenvalue weighted by molar-refractivity contribution is 5.94. The molecule has 1 aromatic carbocycles. The zero-order chi connectivity index (χ0) is 15.0. The van der Waals surface area contributed by atoms with E-state index in [4.69, 9.17) is 9.47 Å². The molecule has 112 valence electrons. The zero-order valence-corrected chi connectivity index (χ0v) is 11.3. The van der Waals surface area contributed by atoms with Crippen molar-refractivity contribution in [3.05, 3.63) is 23.8 Å². The fourth-order valence-corrected chi connectivity index (χ4v) is 1.48. The Bertz CT molecular complexity index is 440. The number of para-hydroxylation sites is 1. The lowest BCUT2D eigenvalue weighted by atomic mass is 10.2. The molecule has 0 fully saturated rings. The first-order chi connectivity index (χ1) is 9.54. The van der Waals surface area contributed by atoms with Crippen LogP contribution in [0.25, 0.3) is 0 Å². The van der Waals surface area contributed by atoms with E-state index in [9.17, 15) is 13.6 Å². The minimum atomic E-state index is -2.95. The fraction of sp³-hybridized carbons (Fsp3) is 0.462. The number of amides is 1. The second-order valence-electron chi connectivity index (χ2n) is 3.92. The van der Waals surface area contributed by atoms with Gasteiger partial charge in [0.2, 0.25) is 5.91 Å². The SMILES string of the molecule is COCCOCC(=O)Nc1c(C)cccc1OC(F)F. The Hall–Kier alpha value is -1.73. The second-order valence-corrected chi connectivity index (χ2v) is 3.92. The predicted molar refractivity (Wildman–Crippen MR) is 69.1 cm³/mol. The van der Waals surface area contributed by atoms with Crippen molar-refractivity contribution in [2.75, 3.05) is 32.2 Å². The van der Waals surface area contributed by atoms with E-state index in [2.05, 4.69) is 10.1 Å². The van der Waals surface area contributed by atoms with Crippen LogP contribution >= 0.6 is 0 Å². The van der Waals surface area contributed by atoms with Crippen LogP contribution < -0.4 is 10.1 Å². The number of rotatable bonds is 8. The van der Waals surface area contributed by atoms with E-state index in [0.29, 0.717) is 12.2 Å². The van der Waals surface area contributed by atoms with Gasteiger partial charge in [-0.3, -0.25) is 4.79 Å². The van der Waals surface area contributed by atoms with E-state index in [1.807, 2.05) is 0 Å². The molecule has 0 unspecified atom stereocenters.